The highest BCUT2D eigenvalue weighted by atomic mass is 16.6. The van der Waals surface area contributed by atoms with Gasteiger partial charge in [0.1, 0.15) is 6.10 Å². The molecule has 1 aliphatic rings. The summed E-state index contributed by atoms with van der Waals surface area (Å²) in [6.45, 7) is 1.29. The third kappa shape index (κ3) is 1.33. The standard InChI is InChI=1S/C8H10N2O2/c9-8-7(2-1-3-10-8)12-6-4-11-5-6/h1-3,6H,4-5H2,(H2,9,10). The molecule has 0 radical (unpaired) electrons. The lowest BCUT2D eigenvalue weighted by Crippen LogP contribution is -2.38. The second-order valence-electron chi connectivity index (χ2n) is 2.66. The zero-order valence-electron chi connectivity index (χ0n) is 6.56. The van der Waals surface area contributed by atoms with Crippen LogP contribution in [-0.2, 0) is 4.74 Å². The van der Waals surface area contributed by atoms with Gasteiger partial charge in [0.05, 0.1) is 13.2 Å². The normalized spacial score (nSPS) is 17.0. The second kappa shape index (κ2) is 2.98. The van der Waals surface area contributed by atoms with E-state index in [0.29, 0.717) is 24.8 Å². The summed E-state index contributed by atoms with van der Waals surface area (Å²) in [7, 11) is 0. The first-order valence-corrected chi connectivity index (χ1v) is 3.81. The van der Waals surface area contributed by atoms with Crippen molar-refractivity contribution in [1.82, 2.24) is 4.98 Å². The highest BCUT2D eigenvalue weighted by molar-refractivity contribution is 5.44. The summed E-state index contributed by atoms with van der Waals surface area (Å²) in [6.07, 6.45) is 1.79. The number of nitrogens with zero attached hydrogens (tertiary/aromatic N) is 1. The van der Waals surface area contributed by atoms with E-state index in [2.05, 4.69) is 4.98 Å². The molecule has 12 heavy (non-hydrogen) atoms. The molecule has 0 saturated carbocycles. The number of hydrogen-bond acceptors (Lipinski definition) is 4. The van der Waals surface area contributed by atoms with Gasteiger partial charge in [-0.3, -0.25) is 0 Å². The molecule has 0 aliphatic carbocycles. The van der Waals surface area contributed by atoms with Gasteiger partial charge in [-0.05, 0) is 12.1 Å². The van der Waals surface area contributed by atoms with Crippen molar-refractivity contribution in [1.29, 1.82) is 0 Å². The number of ether oxygens (including phenoxy) is 2. The quantitative estimate of drug-likeness (QED) is 0.692. The topological polar surface area (TPSA) is 57.4 Å². The summed E-state index contributed by atoms with van der Waals surface area (Å²) in [5.74, 6) is 1.08. The van der Waals surface area contributed by atoms with E-state index in [1.807, 2.05) is 0 Å². The molecule has 2 N–H and O–H groups in total. The van der Waals surface area contributed by atoms with Crippen molar-refractivity contribution in [3.8, 4) is 5.75 Å². The van der Waals surface area contributed by atoms with E-state index in [0.717, 1.165) is 0 Å². The maximum absolute atomic E-state index is 5.57. The minimum Gasteiger partial charge on any atom is -0.482 e. The van der Waals surface area contributed by atoms with Crippen LogP contribution in [0.15, 0.2) is 18.3 Å². The Bertz CT molecular complexity index is 274. The van der Waals surface area contributed by atoms with Crippen molar-refractivity contribution in [3.63, 3.8) is 0 Å². The van der Waals surface area contributed by atoms with Gasteiger partial charge in [-0.25, -0.2) is 4.98 Å². The first-order chi connectivity index (χ1) is 5.86. The lowest BCUT2D eigenvalue weighted by atomic mass is 10.3. The zero-order valence-corrected chi connectivity index (χ0v) is 6.56. The van der Waals surface area contributed by atoms with Gasteiger partial charge < -0.3 is 15.2 Å². The summed E-state index contributed by atoms with van der Waals surface area (Å²) in [4.78, 5) is 3.90. The Hall–Kier alpha value is -1.29. The van der Waals surface area contributed by atoms with E-state index in [9.17, 15) is 0 Å². The van der Waals surface area contributed by atoms with Gasteiger partial charge in [-0.15, -0.1) is 0 Å². The molecule has 0 atom stereocenters. The van der Waals surface area contributed by atoms with Gasteiger partial charge >= 0.3 is 0 Å². The average molecular weight is 166 g/mol. The highest BCUT2D eigenvalue weighted by Gasteiger charge is 2.20. The molecule has 2 rings (SSSR count). The third-order valence-corrected chi connectivity index (χ3v) is 1.70. The number of hydrogen-bond donors (Lipinski definition) is 1. The number of anilines is 1. The maximum Gasteiger partial charge on any atom is 0.166 e. The molecule has 0 unspecified atom stereocenters. The highest BCUT2D eigenvalue weighted by Crippen LogP contribution is 2.20. The van der Waals surface area contributed by atoms with Crippen LogP contribution in [0.5, 0.6) is 5.75 Å². The summed E-state index contributed by atoms with van der Waals surface area (Å²) >= 11 is 0. The molecule has 0 spiro atoms. The Morgan fingerprint density at radius 2 is 2.42 bits per heavy atom. The molecule has 2 heterocycles. The lowest BCUT2D eigenvalue weighted by molar-refractivity contribution is -0.0794. The number of pyridine rings is 1. The fourth-order valence-corrected chi connectivity index (χ4v) is 0.964. The first kappa shape index (κ1) is 7.36. The smallest absolute Gasteiger partial charge is 0.166 e. The second-order valence-corrected chi connectivity index (χ2v) is 2.66. The molecular weight excluding hydrogens is 156 g/mol. The van der Waals surface area contributed by atoms with Crippen molar-refractivity contribution < 1.29 is 9.47 Å². The minimum atomic E-state index is 0.150. The van der Waals surface area contributed by atoms with Crippen LogP contribution in [0.4, 0.5) is 5.82 Å². The predicted molar refractivity (Wildman–Crippen MR) is 43.9 cm³/mol. The van der Waals surface area contributed by atoms with Crippen molar-refractivity contribution in [2.45, 2.75) is 6.10 Å². The van der Waals surface area contributed by atoms with Crippen molar-refractivity contribution in [2.75, 3.05) is 18.9 Å². The van der Waals surface area contributed by atoms with Gasteiger partial charge in [-0.1, -0.05) is 0 Å². The fourth-order valence-electron chi connectivity index (χ4n) is 0.964. The van der Waals surface area contributed by atoms with Crippen LogP contribution in [0.1, 0.15) is 0 Å². The predicted octanol–water partition coefficient (Wildman–Crippen LogP) is 0.441. The van der Waals surface area contributed by atoms with Gasteiger partial charge in [-0.2, -0.15) is 0 Å². The molecule has 64 valence electrons. The molecule has 1 aliphatic heterocycles. The molecule has 0 aromatic carbocycles. The molecule has 0 amide bonds. The van der Waals surface area contributed by atoms with Gasteiger partial charge in [0.2, 0.25) is 0 Å². The molecule has 4 nitrogen and oxygen atoms in total. The van der Waals surface area contributed by atoms with Crippen LogP contribution in [0.25, 0.3) is 0 Å². The van der Waals surface area contributed by atoms with Crippen LogP contribution in [0.3, 0.4) is 0 Å². The Morgan fingerprint density at radius 1 is 1.58 bits per heavy atom. The van der Waals surface area contributed by atoms with E-state index >= 15 is 0 Å². The Kier molecular flexibility index (Phi) is 1.83. The summed E-state index contributed by atoms with van der Waals surface area (Å²) in [5, 5.41) is 0. The minimum absolute atomic E-state index is 0.150. The fraction of sp³-hybridized carbons (Fsp3) is 0.375. The van der Waals surface area contributed by atoms with Gasteiger partial charge in [0.15, 0.2) is 11.6 Å². The average Bonchev–Trinajstić information content (AvgIpc) is 2.00. The SMILES string of the molecule is Nc1ncccc1OC1COC1. The Labute approximate surface area is 70.3 Å². The van der Waals surface area contributed by atoms with Gasteiger partial charge in [0.25, 0.3) is 0 Å². The van der Waals surface area contributed by atoms with Crippen LogP contribution in [-0.4, -0.2) is 24.3 Å². The van der Waals surface area contributed by atoms with E-state index in [1.165, 1.54) is 0 Å². The third-order valence-electron chi connectivity index (χ3n) is 1.70. The van der Waals surface area contributed by atoms with E-state index in [4.69, 9.17) is 15.2 Å². The summed E-state index contributed by atoms with van der Waals surface area (Å²) < 4.78 is 10.4. The molecule has 1 fully saturated rings. The number of rotatable bonds is 2. The first-order valence-electron chi connectivity index (χ1n) is 3.81. The summed E-state index contributed by atoms with van der Waals surface area (Å²) in [5.41, 5.74) is 5.57. The lowest BCUT2D eigenvalue weighted by Gasteiger charge is -2.26. The van der Waals surface area contributed by atoms with Crippen LogP contribution >= 0.6 is 0 Å². The van der Waals surface area contributed by atoms with Crippen molar-refractivity contribution >= 4 is 5.82 Å². The molecule has 1 aromatic rings. The van der Waals surface area contributed by atoms with E-state index < -0.39 is 0 Å². The number of nitrogen functional groups attached to an aromatic ring is 1. The molecule has 4 heteroatoms. The van der Waals surface area contributed by atoms with E-state index in [-0.39, 0.29) is 6.10 Å². The summed E-state index contributed by atoms with van der Waals surface area (Å²) in [6, 6.07) is 3.60. The van der Waals surface area contributed by atoms with Crippen LogP contribution in [0.2, 0.25) is 0 Å². The Morgan fingerprint density at radius 3 is 3.00 bits per heavy atom. The largest absolute Gasteiger partial charge is 0.482 e. The van der Waals surface area contributed by atoms with Crippen LogP contribution in [0, 0.1) is 0 Å². The molecule has 1 aromatic heterocycles. The van der Waals surface area contributed by atoms with Crippen molar-refractivity contribution in [2.24, 2.45) is 0 Å². The van der Waals surface area contributed by atoms with E-state index in [1.54, 1.807) is 18.3 Å². The van der Waals surface area contributed by atoms with Gasteiger partial charge in [0, 0.05) is 6.20 Å². The molecule has 0 bridgehead atoms. The zero-order chi connectivity index (χ0) is 8.39. The molecule has 1 saturated heterocycles. The number of nitrogens with two attached hydrogens (primary N) is 1. The monoisotopic (exact) mass is 166 g/mol. The van der Waals surface area contributed by atoms with Crippen molar-refractivity contribution in [3.05, 3.63) is 18.3 Å². The number of aromatic nitrogens is 1. The molecular formula is C8H10N2O2. The Balaban J connectivity index is 2.06. The van der Waals surface area contributed by atoms with Crippen LogP contribution < -0.4 is 10.5 Å². The maximum atomic E-state index is 5.57.